The van der Waals surface area contributed by atoms with E-state index in [1.165, 1.54) is 0 Å². The highest BCUT2D eigenvalue weighted by Gasteiger charge is 2.21. The highest BCUT2D eigenvalue weighted by molar-refractivity contribution is 5.81. The van der Waals surface area contributed by atoms with Crippen LogP contribution in [0.15, 0.2) is 42.7 Å². The Morgan fingerprint density at radius 2 is 2.29 bits per heavy atom. The van der Waals surface area contributed by atoms with E-state index in [-0.39, 0.29) is 5.91 Å². The minimum Gasteiger partial charge on any atom is -0.366 e. The summed E-state index contributed by atoms with van der Waals surface area (Å²) < 4.78 is 7.20. The Morgan fingerprint density at radius 3 is 3.05 bits per heavy atom. The van der Waals surface area contributed by atoms with Crippen molar-refractivity contribution < 1.29 is 9.53 Å². The van der Waals surface area contributed by atoms with Gasteiger partial charge in [0.05, 0.1) is 18.5 Å². The molecule has 2 heterocycles. The van der Waals surface area contributed by atoms with Crippen LogP contribution in [0.1, 0.15) is 5.56 Å². The van der Waals surface area contributed by atoms with Crippen molar-refractivity contribution in [2.24, 2.45) is 0 Å². The smallest absolute Gasteiger partial charge is 0.250 e. The highest BCUT2D eigenvalue weighted by atomic mass is 16.5. The van der Waals surface area contributed by atoms with Crippen LogP contribution in [0.5, 0.6) is 0 Å². The van der Waals surface area contributed by atoms with Gasteiger partial charge in [0.2, 0.25) is 0 Å². The molecule has 1 aromatic carbocycles. The summed E-state index contributed by atoms with van der Waals surface area (Å²) in [7, 11) is 0. The molecule has 1 amide bonds. The molecular weight excluding hydrogens is 268 g/mol. The number of amides is 1. The van der Waals surface area contributed by atoms with E-state index >= 15 is 0 Å². The van der Waals surface area contributed by atoms with Gasteiger partial charge in [-0.15, -0.1) is 0 Å². The first-order valence-corrected chi connectivity index (χ1v) is 7.02. The first kappa shape index (κ1) is 13.8. The van der Waals surface area contributed by atoms with Crippen LogP contribution in [0.3, 0.4) is 0 Å². The summed E-state index contributed by atoms with van der Waals surface area (Å²) in [6, 6.07) is 9.86. The summed E-state index contributed by atoms with van der Waals surface area (Å²) in [5, 5.41) is 10.3. The summed E-state index contributed by atoms with van der Waals surface area (Å²) in [6.45, 7) is 2.39. The molecule has 1 saturated heterocycles. The van der Waals surface area contributed by atoms with Crippen LogP contribution in [0.4, 0.5) is 0 Å². The number of aromatic nitrogens is 2. The van der Waals surface area contributed by atoms with Crippen LogP contribution in [-0.4, -0.2) is 41.5 Å². The number of hydrogen-bond acceptors (Lipinski definition) is 4. The van der Waals surface area contributed by atoms with Crippen LogP contribution in [0.2, 0.25) is 0 Å². The predicted octanol–water partition coefficient (Wildman–Crippen LogP) is 0.477. The van der Waals surface area contributed by atoms with E-state index in [0.29, 0.717) is 19.7 Å². The highest BCUT2D eigenvalue weighted by Crippen LogP contribution is 2.07. The summed E-state index contributed by atoms with van der Waals surface area (Å²) in [4.78, 5) is 11.9. The van der Waals surface area contributed by atoms with Crippen molar-refractivity contribution in [2.45, 2.75) is 12.6 Å². The molecule has 0 radical (unpaired) electrons. The Kier molecular flexibility index (Phi) is 4.28. The number of nitrogens with one attached hydrogen (secondary N) is 2. The normalized spacial score (nSPS) is 18.4. The standard InChI is InChI=1S/C15H18N4O2/c20-15(14-10-16-6-7-21-14)17-8-12-9-18-19(11-12)13-4-2-1-3-5-13/h1-5,9,11,14,16H,6-8,10H2,(H,17,20). The molecule has 0 saturated carbocycles. The lowest BCUT2D eigenvalue weighted by atomic mass is 10.2. The molecule has 2 aromatic rings. The van der Waals surface area contributed by atoms with E-state index in [4.69, 9.17) is 4.74 Å². The first-order valence-electron chi connectivity index (χ1n) is 7.02. The Hall–Kier alpha value is -2.18. The lowest BCUT2D eigenvalue weighted by Gasteiger charge is -2.22. The van der Waals surface area contributed by atoms with E-state index in [2.05, 4.69) is 15.7 Å². The molecule has 0 spiro atoms. The summed E-state index contributed by atoms with van der Waals surface area (Å²) in [6.07, 6.45) is 3.27. The summed E-state index contributed by atoms with van der Waals surface area (Å²) >= 11 is 0. The van der Waals surface area contributed by atoms with Gasteiger partial charge in [0, 0.05) is 31.4 Å². The Morgan fingerprint density at radius 1 is 1.43 bits per heavy atom. The van der Waals surface area contributed by atoms with Gasteiger partial charge in [0.25, 0.3) is 5.91 Å². The molecular formula is C15H18N4O2. The molecule has 1 atom stereocenters. The van der Waals surface area contributed by atoms with Gasteiger partial charge in [-0.2, -0.15) is 5.10 Å². The molecule has 1 aromatic heterocycles. The van der Waals surface area contributed by atoms with Gasteiger partial charge in [-0.1, -0.05) is 18.2 Å². The van der Waals surface area contributed by atoms with Gasteiger partial charge in [-0.3, -0.25) is 4.79 Å². The van der Waals surface area contributed by atoms with Crippen LogP contribution < -0.4 is 10.6 Å². The van der Waals surface area contributed by atoms with E-state index in [1.54, 1.807) is 10.9 Å². The Balaban J connectivity index is 1.56. The first-order chi connectivity index (χ1) is 10.3. The van der Waals surface area contributed by atoms with Crippen LogP contribution in [0, 0.1) is 0 Å². The van der Waals surface area contributed by atoms with Gasteiger partial charge < -0.3 is 15.4 Å². The average molecular weight is 286 g/mol. The van der Waals surface area contributed by atoms with Crippen LogP contribution in [0.25, 0.3) is 5.69 Å². The number of para-hydroxylation sites is 1. The summed E-state index contributed by atoms with van der Waals surface area (Å²) in [5.41, 5.74) is 1.95. The molecule has 0 bridgehead atoms. The zero-order valence-corrected chi connectivity index (χ0v) is 11.7. The third-order valence-electron chi connectivity index (χ3n) is 3.34. The van der Waals surface area contributed by atoms with Crippen molar-refractivity contribution in [3.8, 4) is 5.69 Å². The van der Waals surface area contributed by atoms with E-state index in [1.807, 2.05) is 36.5 Å². The number of benzene rings is 1. The molecule has 3 rings (SSSR count). The Labute approximate surface area is 123 Å². The van der Waals surface area contributed by atoms with E-state index < -0.39 is 6.10 Å². The predicted molar refractivity (Wildman–Crippen MR) is 78.0 cm³/mol. The van der Waals surface area contributed by atoms with Crippen molar-refractivity contribution in [2.75, 3.05) is 19.7 Å². The monoisotopic (exact) mass is 286 g/mol. The number of nitrogens with zero attached hydrogens (tertiary/aromatic N) is 2. The number of carbonyl (C=O) groups excluding carboxylic acids is 1. The molecule has 6 heteroatoms. The maximum Gasteiger partial charge on any atom is 0.250 e. The van der Waals surface area contributed by atoms with Crippen LogP contribution in [-0.2, 0) is 16.1 Å². The maximum atomic E-state index is 11.9. The van der Waals surface area contributed by atoms with Crippen molar-refractivity contribution in [1.29, 1.82) is 0 Å². The Bertz CT molecular complexity index is 591. The van der Waals surface area contributed by atoms with Gasteiger partial charge >= 0.3 is 0 Å². The minimum atomic E-state index is -0.400. The second-order valence-electron chi connectivity index (χ2n) is 4.91. The maximum absolute atomic E-state index is 11.9. The van der Waals surface area contributed by atoms with E-state index in [9.17, 15) is 4.79 Å². The average Bonchev–Trinajstić information content (AvgIpc) is 3.03. The SMILES string of the molecule is O=C(NCc1cnn(-c2ccccc2)c1)C1CNCCO1. The number of morpholine rings is 1. The second kappa shape index (κ2) is 6.51. The van der Waals surface area contributed by atoms with Crippen molar-refractivity contribution in [1.82, 2.24) is 20.4 Å². The fraction of sp³-hybridized carbons (Fsp3) is 0.333. The van der Waals surface area contributed by atoms with Crippen LogP contribution >= 0.6 is 0 Å². The zero-order valence-electron chi connectivity index (χ0n) is 11.7. The molecule has 0 aliphatic carbocycles. The number of rotatable bonds is 4. The molecule has 6 nitrogen and oxygen atoms in total. The number of hydrogen-bond donors (Lipinski definition) is 2. The van der Waals surface area contributed by atoms with Gasteiger partial charge in [-0.05, 0) is 12.1 Å². The van der Waals surface area contributed by atoms with E-state index in [0.717, 1.165) is 17.8 Å². The molecule has 1 unspecified atom stereocenters. The zero-order chi connectivity index (χ0) is 14.5. The molecule has 1 aliphatic heterocycles. The second-order valence-corrected chi connectivity index (χ2v) is 4.91. The molecule has 1 aliphatic rings. The third kappa shape index (κ3) is 3.48. The number of ether oxygens (including phenoxy) is 1. The lowest BCUT2D eigenvalue weighted by Crippen LogP contribution is -2.47. The topological polar surface area (TPSA) is 68.2 Å². The fourth-order valence-electron chi connectivity index (χ4n) is 2.21. The van der Waals surface area contributed by atoms with Crippen molar-refractivity contribution in [3.63, 3.8) is 0 Å². The minimum absolute atomic E-state index is 0.0883. The quantitative estimate of drug-likeness (QED) is 0.857. The lowest BCUT2D eigenvalue weighted by molar-refractivity contribution is -0.134. The fourth-order valence-corrected chi connectivity index (χ4v) is 2.21. The largest absolute Gasteiger partial charge is 0.366 e. The van der Waals surface area contributed by atoms with Crippen molar-refractivity contribution >= 4 is 5.91 Å². The molecule has 110 valence electrons. The van der Waals surface area contributed by atoms with Gasteiger partial charge in [-0.25, -0.2) is 4.68 Å². The molecule has 1 fully saturated rings. The number of carbonyl (C=O) groups is 1. The van der Waals surface area contributed by atoms with Crippen molar-refractivity contribution in [3.05, 3.63) is 48.3 Å². The third-order valence-corrected chi connectivity index (χ3v) is 3.34. The van der Waals surface area contributed by atoms with Gasteiger partial charge in [0.1, 0.15) is 6.10 Å². The van der Waals surface area contributed by atoms with Gasteiger partial charge in [0.15, 0.2) is 0 Å². The summed E-state index contributed by atoms with van der Waals surface area (Å²) in [5.74, 6) is -0.0883. The molecule has 21 heavy (non-hydrogen) atoms. The molecule has 2 N–H and O–H groups in total.